The third kappa shape index (κ3) is 3.91. The highest BCUT2D eigenvalue weighted by Crippen LogP contribution is 2.32. The maximum atomic E-state index is 5.52. The summed E-state index contributed by atoms with van der Waals surface area (Å²) in [5.74, 6) is 0.943. The van der Waals surface area contributed by atoms with Crippen molar-refractivity contribution in [1.82, 2.24) is 19.9 Å². The first-order chi connectivity index (χ1) is 15.8. The first-order valence-electron chi connectivity index (χ1n) is 11.9. The largest absolute Gasteiger partial charge is 0.383 e. The van der Waals surface area contributed by atoms with Gasteiger partial charge >= 0.3 is 0 Å². The molecule has 3 aliphatic rings. The summed E-state index contributed by atoms with van der Waals surface area (Å²) < 4.78 is 5.52. The van der Waals surface area contributed by atoms with Crippen LogP contribution >= 0.6 is 0 Å². The Bertz CT molecular complexity index is 1100. The molecule has 7 heteroatoms. The van der Waals surface area contributed by atoms with Gasteiger partial charge in [0.05, 0.1) is 30.1 Å². The Morgan fingerprint density at radius 3 is 2.72 bits per heavy atom. The summed E-state index contributed by atoms with van der Waals surface area (Å²) in [7, 11) is 0. The number of hydrogen-bond donors (Lipinski definition) is 2. The van der Waals surface area contributed by atoms with E-state index in [1.807, 2.05) is 6.20 Å². The van der Waals surface area contributed by atoms with Crippen molar-refractivity contribution in [3.05, 3.63) is 42.5 Å². The highest BCUT2D eigenvalue weighted by molar-refractivity contribution is 5.92. The maximum Gasteiger partial charge on any atom is 0.137 e. The summed E-state index contributed by atoms with van der Waals surface area (Å²) in [5.41, 5.74) is 5.56. The van der Waals surface area contributed by atoms with Crippen LogP contribution in [-0.4, -0.2) is 64.8 Å². The van der Waals surface area contributed by atoms with E-state index in [1.54, 1.807) is 6.33 Å². The van der Waals surface area contributed by atoms with Gasteiger partial charge < -0.3 is 15.4 Å². The van der Waals surface area contributed by atoms with E-state index in [-0.39, 0.29) is 0 Å². The zero-order valence-corrected chi connectivity index (χ0v) is 18.4. The van der Waals surface area contributed by atoms with E-state index in [2.05, 4.69) is 54.8 Å². The second kappa shape index (κ2) is 8.64. The minimum Gasteiger partial charge on any atom is -0.383 e. The van der Waals surface area contributed by atoms with Gasteiger partial charge in [0.15, 0.2) is 0 Å². The average Bonchev–Trinajstić information content (AvgIpc) is 3.33. The Labute approximate surface area is 188 Å². The highest BCUT2D eigenvalue weighted by Gasteiger charge is 2.27. The van der Waals surface area contributed by atoms with Crippen molar-refractivity contribution >= 4 is 22.4 Å². The van der Waals surface area contributed by atoms with E-state index in [0.29, 0.717) is 12.1 Å². The molecular weight excluding hydrogens is 400 g/mol. The number of nitrogens with zero attached hydrogens (tertiary/aromatic N) is 4. The molecule has 0 radical (unpaired) electrons. The van der Waals surface area contributed by atoms with Crippen LogP contribution in [0.5, 0.6) is 0 Å². The first-order valence-corrected chi connectivity index (χ1v) is 11.9. The number of anilines is 2. The van der Waals surface area contributed by atoms with Gasteiger partial charge in [-0.1, -0.05) is 6.07 Å². The quantitative estimate of drug-likeness (QED) is 0.653. The third-order valence-electron chi connectivity index (χ3n) is 7.22. The molecule has 0 spiro atoms. The number of rotatable bonds is 4. The molecule has 2 aromatic heterocycles. The number of pyridine rings is 1. The van der Waals surface area contributed by atoms with Crippen molar-refractivity contribution in [3.63, 3.8) is 0 Å². The van der Waals surface area contributed by atoms with Gasteiger partial charge in [-0.25, -0.2) is 9.97 Å². The molecule has 4 heterocycles. The van der Waals surface area contributed by atoms with Gasteiger partial charge in [0.2, 0.25) is 0 Å². The Morgan fingerprint density at radius 1 is 0.969 bits per heavy atom. The lowest BCUT2D eigenvalue weighted by atomic mass is 9.90. The molecule has 0 unspecified atom stereocenters. The summed E-state index contributed by atoms with van der Waals surface area (Å²) in [5, 5.41) is 8.25. The minimum absolute atomic E-state index is 0.458. The van der Waals surface area contributed by atoms with Crippen molar-refractivity contribution in [1.29, 1.82) is 0 Å². The van der Waals surface area contributed by atoms with E-state index in [4.69, 9.17) is 4.74 Å². The summed E-state index contributed by atoms with van der Waals surface area (Å²) in [6, 6.07) is 9.79. The van der Waals surface area contributed by atoms with E-state index in [0.717, 1.165) is 78.5 Å². The predicted octanol–water partition coefficient (Wildman–Crippen LogP) is 3.72. The molecular formula is C25H30N6O. The molecule has 32 heavy (non-hydrogen) atoms. The Morgan fingerprint density at radius 2 is 1.84 bits per heavy atom. The fourth-order valence-electron chi connectivity index (χ4n) is 5.39. The van der Waals surface area contributed by atoms with E-state index in [1.165, 1.54) is 25.7 Å². The Hall–Kier alpha value is -2.77. The second-order valence-corrected chi connectivity index (χ2v) is 9.15. The van der Waals surface area contributed by atoms with Crippen molar-refractivity contribution in [2.75, 3.05) is 43.5 Å². The average molecular weight is 431 g/mol. The van der Waals surface area contributed by atoms with Gasteiger partial charge in [-0.05, 0) is 49.4 Å². The number of fused-ring (bicyclic) bond motifs is 2. The second-order valence-electron chi connectivity index (χ2n) is 9.15. The standard InChI is InChI=1S/C25H30N6O/c1-6-22-21(13-17(1)18-14-24-23(27-15-18)7-8-26-24)25(29-16-28-22)30-19-2-4-20(5-3-19)31-9-11-32-12-10-31/h1,6,13-16,19-20,26H,2-5,7-12H2,(H,28,29,30)/t19-,20-. The number of ether oxygens (including phenoxy) is 1. The van der Waals surface area contributed by atoms with Crippen LogP contribution in [0.25, 0.3) is 22.0 Å². The van der Waals surface area contributed by atoms with Crippen molar-refractivity contribution in [3.8, 4) is 11.1 Å². The van der Waals surface area contributed by atoms with Crippen molar-refractivity contribution < 1.29 is 4.74 Å². The fraction of sp³-hybridized carbons (Fsp3) is 0.480. The molecule has 1 saturated carbocycles. The van der Waals surface area contributed by atoms with Crippen LogP contribution in [0.15, 0.2) is 36.8 Å². The van der Waals surface area contributed by atoms with Gasteiger partial charge in [0, 0.05) is 55.3 Å². The van der Waals surface area contributed by atoms with Gasteiger partial charge in [0.25, 0.3) is 0 Å². The third-order valence-corrected chi connectivity index (χ3v) is 7.22. The van der Waals surface area contributed by atoms with Crippen LogP contribution in [0.2, 0.25) is 0 Å². The number of benzene rings is 1. The van der Waals surface area contributed by atoms with Crippen LogP contribution in [0.1, 0.15) is 31.4 Å². The van der Waals surface area contributed by atoms with Gasteiger partial charge in [0.1, 0.15) is 12.1 Å². The van der Waals surface area contributed by atoms with Gasteiger partial charge in [-0.15, -0.1) is 0 Å². The molecule has 2 aliphatic heterocycles. The van der Waals surface area contributed by atoms with Crippen LogP contribution in [0.3, 0.4) is 0 Å². The molecule has 0 amide bonds. The Kier molecular flexibility index (Phi) is 5.37. The molecule has 1 aromatic carbocycles. The van der Waals surface area contributed by atoms with Crippen LogP contribution in [0, 0.1) is 0 Å². The lowest BCUT2D eigenvalue weighted by molar-refractivity contribution is 0.00791. The smallest absolute Gasteiger partial charge is 0.137 e. The van der Waals surface area contributed by atoms with Crippen molar-refractivity contribution in [2.24, 2.45) is 0 Å². The monoisotopic (exact) mass is 430 g/mol. The molecule has 3 aromatic rings. The Balaban J connectivity index is 1.20. The lowest BCUT2D eigenvalue weighted by Crippen LogP contribution is -2.46. The van der Waals surface area contributed by atoms with Crippen LogP contribution in [-0.2, 0) is 11.2 Å². The van der Waals surface area contributed by atoms with E-state index < -0.39 is 0 Å². The zero-order chi connectivity index (χ0) is 21.3. The number of morpholine rings is 1. The number of hydrogen-bond acceptors (Lipinski definition) is 7. The van der Waals surface area contributed by atoms with E-state index >= 15 is 0 Å². The molecule has 7 nitrogen and oxygen atoms in total. The fourth-order valence-corrected chi connectivity index (χ4v) is 5.39. The molecule has 0 bridgehead atoms. The normalized spacial score (nSPS) is 23.6. The maximum absolute atomic E-state index is 5.52. The molecule has 2 N–H and O–H groups in total. The molecule has 1 saturated heterocycles. The summed E-state index contributed by atoms with van der Waals surface area (Å²) >= 11 is 0. The number of nitrogens with one attached hydrogen (secondary N) is 2. The van der Waals surface area contributed by atoms with Gasteiger partial charge in [-0.2, -0.15) is 0 Å². The SMILES string of the molecule is c1nc(N[C@H]2CC[C@H](N3CCOCC3)CC2)c2cc(-c3cnc4c(c3)NCC4)ccc2n1. The first kappa shape index (κ1) is 19.9. The number of aromatic nitrogens is 3. The minimum atomic E-state index is 0.458. The van der Waals surface area contributed by atoms with Gasteiger partial charge in [-0.3, -0.25) is 9.88 Å². The summed E-state index contributed by atoms with van der Waals surface area (Å²) in [6.07, 6.45) is 9.48. The summed E-state index contributed by atoms with van der Waals surface area (Å²) in [4.78, 5) is 16.4. The van der Waals surface area contributed by atoms with Crippen molar-refractivity contribution in [2.45, 2.75) is 44.2 Å². The molecule has 6 rings (SSSR count). The molecule has 2 fully saturated rings. The highest BCUT2D eigenvalue weighted by atomic mass is 16.5. The molecule has 1 aliphatic carbocycles. The summed E-state index contributed by atoms with van der Waals surface area (Å²) in [6.45, 7) is 4.88. The van der Waals surface area contributed by atoms with Crippen LogP contribution < -0.4 is 10.6 Å². The van der Waals surface area contributed by atoms with E-state index in [9.17, 15) is 0 Å². The lowest BCUT2D eigenvalue weighted by Gasteiger charge is -2.39. The molecule has 166 valence electrons. The zero-order valence-electron chi connectivity index (χ0n) is 18.4. The molecule has 0 atom stereocenters. The topological polar surface area (TPSA) is 75.2 Å². The van der Waals surface area contributed by atoms with Crippen LogP contribution in [0.4, 0.5) is 11.5 Å². The predicted molar refractivity (Wildman–Crippen MR) is 127 cm³/mol.